The minimum absolute atomic E-state index is 0.0514. The van der Waals surface area contributed by atoms with Crippen LogP contribution in [0.1, 0.15) is 15.9 Å². The van der Waals surface area contributed by atoms with Crippen molar-refractivity contribution in [2.75, 3.05) is 11.1 Å². The number of halogens is 4. The van der Waals surface area contributed by atoms with Crippen molar-refractivity contribution >= 4 is 46.8 Å². The summed E-state index contributed by atoms with van der Waals surface area (Å²) in [5, 5.41) is 10.2. The molecule has 1 heterocycles. The molecule has 33 heavy (non-hydrogen) atoms. The van der Waals surface area contributed by atoms with Crippen LogP contribution in [0.25, 0.3) is 0 Å². The van der Waals surface area contributed by atoms with Crippen LogP contribution >= 0.6 is 23.4 Å². The molecule has 1 aliphatic rings. The molecule has 2 aromatic rings. The summed E-state index contributed by atoms with van der Waals surface area (Å²) in [5.74, 6) is -1.88. The van der Waals surface area contributed by atoms with Crippen molar-refractivity contribution in [2.45, 2.75) is 23.9 Å². The highest BCUT2D eigenvalue weighted by Crippen LogP contribution is 2.33. The first-order valence-corrected chi connectivity index (χ1v) is 10.9. The Morgan fingerprint density at radius 3 is 2.48 bits per heavy atom. The Labute approximate surface area is 195 Å². The van der Waals surface area contributed by atoms with E-state index in [1.165, 1.54) is 0 Å². The van der Waals surface area contributed by atoms with Crippen molar-refractivity contribution in [3.05, 3.63) is 64.7 Å². The molecule has 1 aliphatic heterocycles. The maximum absolute atomic E-state index is 12.9. The van der Waals surface area contributed by atoms with E-state index in [1.54, 1.807) is 30.3 Å². The lowest BCUT2D eigenvalue weighted by atomic mass is 10.1. The number of carbonyl (C=O) groups excluding carboxylic acids is 3. The van der Waals surface area contributed by atoms with E-state index in [0.29, 0.717) is 5.56 Å². The van der Waals surface area contributed by atoms with Gasteiger partial charge in [0.2, 0.25) is 11.8 Å². The number of alkyl halides is 3. The molecule has 0 bridgehead atoms. The molecular weight excluding hydrogens is 483 g/mol. The molecule has 3 atom stereocenters. The predicted molar refractivity (Wildman–Crippen MR) is 118 cm³/mol. The Hall–Kier alpha value is -2.80. The van der Waals surface area contributed by atoms with Crippen LogP contribution < -0.4 is 27.0 Å². The van der Waals surface area contributed by atoms with Gasteiger partial charge in [-0.05, 0) is 30.3 Å². The number of nitrogens with one attached hydrogen (secondary N) is 4. The molecule has 1 saturated heterocycles. The number of rotatable bonds is 6. The van der Waals surface area contributed by atoms with Crippen LogP contribution in [0.2, 0.25) is 5.02 Å². The van der Waals surface area contributed by atoms with Crippen molar-refractivity contribution in [1.82, 2.24) is 16.0 Å². The van der Waals surface area contributed by atoms with Crippen molar-refractivity contribution in [3.63, 3.8) is 0 Å². The number of thioether (sulfide) groups is 1. The zero-order chi connectivity index (χ0) is 24.2. The van der Waals surface area contributed by atoms with E-state index in [1.807, 2.05) is 0 Å². The maximum atomic E-state index is 12.9. The first-order chi connectivity index (χ1) is 15.5. The number of nitrogens with two attached hydrogens (primary N) is 1. The van der Waals surface area contributed by atoms with Gasteiger partial charge in [-0.15, -0.1) is 11.8 Å². The molecule has 3 unspecified atom stereocenters. The predicted octanol–water partition coefficient (Wildman–Crippen LogP) is 2.12. The highest BCUT2D eigenvalue weighted by Gasteiger charge is 2.35. The SMILES string of the molecule is NC1NC(SCC(=O)Nc2cc(C(F)(F)F)ccc2Cl)NC(=O)C1NC(=O)c1ccccc1. The second kappa shape index (κ2) is 10.4. The monoisotopic (exact) mass is 501 g/mol. The third-order valence-corrected chi connectivity index (χ3v) is 5.88. The lowest BCUT2D eigenvalue weighted by Gasteiger charge is -2.35. The molecule has 0 radical (unpaired) electrons. The summed E-state index contributed by atoms with van der Waals surface area (Å²) in [5.41, 5.74) is 4.43. The zero-order valence-electron chi connectivity index (χ0n) is 16.8. The topological polar surface area (TPSA) is 125 Å². The van der Waals surface area contributed by atoms with Gasteiger partial charge in [-0.2, -0.15) is 13.2 Å². The second-order valence-electron chi connectivity index (χ2n) is 6.95. The van der Waals surface area contributed by atoms with Gasteiger partial charge in [0, 0.05) is 5.56 Å². The Kier molecular flexibility index (Phi) is 7.84. The molecular formula is C20H19ClF3N5O3S. The quantitative estimate of drug-likeness (QED) is 0.413. The third-order valence-electron chi connectivity index (χ3n) is 4.53. The average Bonchev–Trinajstić information content (AvgIpc) is 2.76. The fraction of sp³-hybridized carbons (Fsp3) is 0.250. The first kappa shape index (κ1) is 24.8. The minimum Gasteiger partial charge on any atom is -0.338 e. The van der Waals surface area contributed by atoms with Crippen molar-refractivity contribution in [3.8, 4) is 0 Å². The number of benzene rings is 2. The lowest BCUT2D eigenvalue weighted by Crippen LogP contribution is -2.70. The fourth-order valence-electron chi connectivity index (χ4n) is 2.90. The number of amides is 3. The van der Waals surface area contributed by atoms with Crippen LogP contribution in [-0.4, -0.2) is 41.2 Å². The minimum atomic E-state index is -4.59. The molecule has 3 amide bonds. The van der Waals surface area contributed by atoms with Crippen molar-refractivity contribution in [2.24, 2.45) is 5.73 Å². The third kappa shape index (κ3) is 6.60. The number of hydrogen-bond acceptors (Lipinski definition) is 6. The second-order valence-corrected chi connectivity index (χ2v) is 8.45. The molecule has 6 N–H and O–H groups in total. The van der Waals surface area contributed by atoms with Gasteiger partial charge >= 0.3 is 6.18 Å². The molecule has 0 spiro atoms. The Balaban J connectivity index is 1.52. The summed E-state index contributed by atoms with van der Waals surface area (Å²) in [4.78, 5) is 36.9. The standard InChI is InChI=1S/C20H19ClF3N5O3S/c21-12-7-6-11(20(22,23)24)8-13(12)26-14(30)9-33-19-28-16(25)15(18(32)29-19)27-17(31)10-4-2-1-3-5-10/h1-8,15-16,19,28H,9,25H2,(H,26,30)(H,27,31)(H,29,32). The highest BCUT2D eigenvalue weighted by molar-refractivity contribution is 8.00. The normalized spacial score (nSPS) is 20.6. The van der Waals surface area contributed by atoms with Crippen LogP contribution in [0.5, 0.6) is 0 Å². The fourth-order valence-corrected chi connectivity index (χ4v) is 3.90. The molecule has 2 aromatic carbocycles. The molecule has 3 rings (SSSR count). The van der Waals surface area contributed by atoms with E-state index in [0.717, 1.165) is 30.0 Å². The molecule has 0 aromatic heterocycles. The van der Waals surface area contributed by atoms with Crippen LogP contribution in [0.15, 0.2) is 48.5 Å². The van der Waals surface area contributed by atoms with Gasteiger partial charge in [0.15, 0.2) is 0 Å². The van der Waals surface area contributed by atoms with E-state index in [9.17, 15) is 27.6 Å². The molecule has 0 saturated carbocycles. The van der Waals surface area contributed by atoms with Gasteiger partial charge in [-0.1, -0.05) is 29.8 Å². The summed E-state index contributed by atoms with van der Waals surface area (Å²) in [6.45, 7) is 0. The van der Waals surface area contributed by atoms with E-state index in [2.05, 4.69) is 21.3 Å². The van der Waals surface area contributed by atoms with Gasteiger partial charge in [-0.25, -0.2) is 0 Å². The summed E-state index contributed by atoms with van der Waals surface area (Å²) < 4.78 is 38.6. The van der Waals surface area contributed by atoms with Gasteiger partial charge in [0.05, 0.1) is 28.2 Å². The van der Waals surface area contributed by atoms with Crippen LogP contribution in [-0.2, 0) is 15.8 Å². The van der Waals surface area contributed by atoms with Crippen LogP contribution in [0, 0.1) is 0 Å². The Morgan fingerprint density at radius 2 is 1.85 bits per heavy atom. The summed E-state index contributed by atoms with van der Waals surface area (Å²) in [7, 11) is 0. The van der Waals surface area contributed by atoms with Gasteiger partial charge in [-0.3, -0.25) is 19.7 Å². The molecule has 1 fully saturated rings. The molecule has 8 nitrogen and oxygen atoms in total. The lowest BCUT2D eigenvalue weighted by molar-refractivity contribution is -0.137. The molecule has 13 heteroatoms. The van der Waals surface area contributed by atoms with Crippen LogP contribution in [0.3, 0.4) is 0 Å². The van der Waals surface area contributed by atoms with E-state index >= 15 is 0 Å². The number of hydrogen-bond donors (Lipinski definition) is 5. The number of carbonyl (C=O) groups is 3. The van der Waals surface area contributed by atoms with E-state index in [-0.39, 0.29) is 16.5 Å². The van der Waals surface area contributed by atoms with Gasteiger partial charge in [0.1, 0.15) is 11.5 Å². The summed E-state index contributed by atoms with van der Waals surface area (Å²) >= 11 is 6.82. The van der Waals surface area contributed by atoms with E-state index in [4.69, 9.17) is 17.3 Å². The van der Waals surface area contributed by atoms with Gasteiger partial charge < -0.3 is 21.7 Å². The van der Waals surface area contributed by atoms with E-state index < -0.39 is 47.2 Å². The largest absolute Gasteiger partial charge is 0.416 e. The Morgan fingerprint density at radius 1 is 1.15 bits per heavy atom. The first-order valence-electron chi connectivity index (χ1n) is 9.50. The summed E-state index contributed by atoms with van der Waals surface area (Å²) in [6, 6.07) is 9.81. The zero-order valence-corrected chi connectivity index (χ0v) is 18.4. The van der Waals surface area contributed by atoms with Crippen LogP contribution in [0.4, 0.5) is 18.9 Å². The maximum Gasteiger partial charge on any atom is 0.416 e. The summed E-state index contributed by atoms with van der Waals surface area (Å²) in [6.07, 6.45) is -5.53. The number of anilines is 1. The molecule has 176 valence electrons. The Bertz CT molecular complexity index is 1040. The van der Waals surface area contributed by atoms with Crippen molar-refractivity contribution in [1.29, 1.82) is 0 Å². The highest BCUT2D eigenvalue weighted by atomic mass is 35.5. The van der Waals surface area contributed by atoms with Gasteiger partial charge in [0.25, 0.3) is 5.91 Å². The van der Waals surface area contributed by atoms with Crippen molar-refractivity contribution < 1.29 is 27.6 Å². The smallest absolute Gasteiger partial charge is 0.338 e. The average molecular weight is 502 g/mol. The molecule has 0 aliphatic carbocycles.